The van der Waals surface area contributed by atoms with Crippen molar-refractivity contribution in [3.63, 3.8) is 0 Å². The second-order valence-electron chi connectivity index (χ2n) is 9.10. The zero-order valence-corrected chi connectivity index (χ0v) is 23.4. The SMILES string of the molecule is CCc1ccc(N(CCCC(=O)N(Cc2cccc(Cl)c2)[C@@H](C)C(=O)N[C@H](C)CC)S(C)(=O)=O)cc1. The lowest BCUT2D eigenvalue weighted by molar-refractivity contribution is -0.140. The molecule has 0 radical (unpaired) electrons. The summed E-state index contributed by atoms with van der Waals surface area (Å²) in [5.74, 6) is -0.454. The first kappa shape index (κ1) is 29.6. The normalized spacial score (nSPS) is 13.1. The van der Waals surface area contributed by atoms with Crippen LogP contribution in [0.2, 0.25) is 5.02 Å². The number of halogens is 1. The number of anilines is 1. The molecule has 0 fully saturated rings. The van der Waals surface area contributed by atoms with E-state index in [0.29, 0.717) is 17.1 Å². The van der Waals surface area contributed by atoms with Gasteiger partial charge in [0, 0.05) is 30.6 Å². The lowest BCUT2D eigenvalue weighted by Crippen LogP contribution is -2.49. The minimum atomic E-state index is -3.53. The monoisotopic (exact) mass is 535 g/mol. The molecule has 0 bridgehead atoms. The third-order valence-corrected chi connectivity index (χ3v) is 7.62. The highest BCUT2D eigenvalue weighted by molar-refractivity contribution is 7.92. The summed E-state index contributed by atoms with van der Waals surface area (Å²) >= 11 is 6.13. The van der Waals surface area contributed by atoms with Crippen LogP contribution in [0.15, 0.2) is 48.5 Å². The number of nitrogens with zero attached hydrogens (tertiary/aromatic N) is 2. The lowest BCUT2D eigenvalue weighted by atomic mass is 10.1. The summed E-state index contributed by atoms with van der Waals surface area (Å²) in [6, 6.07) is 13.9. The van der Waals surface area contributed by atoms with Crippen LogP contribution in [-0.2, 0) is 32.6 Å². The van der Waals surface area contributed by atoms with Gasteiger partial charge in [0.2, 0.25) is 21.8 Å². The maximum absolute atomic E-state index is 13.3. The summed E-state index contributed by atoms with van der Waals surface area (Å²) in [6.45, 7) is 8.03. The van der Waals surface area contributed by atoms with Crippen LogP contribution in [0.25, 0.3) is 0 Å². The maximum Gasteiger partial charge on any atom is 0.242 e. The highest BCUT2D eigenvalue weighted by Crippen LogP contribution is 2.21. The fraction of sp³-hybridized carbons (Fsp3) is 0.481. The van der Waals surface area contributed by atoms with Crippen LogP contribution < -0.4 is 9.62 Å². The van der Waals surface area contributed by atoms with Gasteiger partial charge in [-0.25, -0.2) is 8.42 Å². The van der Waals surface area contributed by atoms with Gasteiger partial charge in [0.15, 0.2) is 0 Å². The van der Waals surface area contributed by atoms with E-state index in [1.807, 2.05) is 39.0 Å². The zero-order valence-electron chi connectivity index (χ0n) is 21.8. The fourth-order valence-electron chi connectivity index (χ4n) is 3.78. The molecule has 2 aromatic carbocycles. The Morgan fingerprint density at radius 3 is 2.25 bits per heavy atom. The standard InChI is InChI=1S/C27H38ClN3O4S/c1-6-20(3)29-27(33)21(4)30(19-23-10-8-11-24(28)18-23)26(32)12-9-17-31(36(5,34)35)25-15-13-22(7-2)14-16-25/h8,10-11,13-16,18,20-21H,6-7,9,12,17,19H2,1-5H3,(H,29,33)/t20-,21+/m1/s1. The second kappa shape index (κ2) is 13.7. The van der Waals surface area contributed by atoms with Crippen LogP contribution in [0.1, 0.15) is 58.1 Å². The van der Waals surface area contributed by atoms with Gasteiger partial charge in [0.05, 0.1) is 11.9 Å². The van der Waals surface area contributed by atoms with E-state index in [-0.39, 0.29) is 37.4 Å². The van der Waals surface area contributed by atoms with Crippen molar-refractivity contribution in [3.8, 4) is 0 Å². The topological polar surface area (TPSA) is 86.8 Å². The predicted octanol–water partition coefficient (Wildman–Crippen LogP) is 4.78. The van der Waals surface area contributed by atoms with Crippen LogP contribution >= 0.6 is 11.6 Å². The molecule has 198 valence electrons. The second-order valence-corrected chi connectivity index (χ2v) is 11.4. The average Bonchev–Trinajstić information content (AvgIpc) is 2.83. The molecule has 9 heteroatoms. The molecule has 0 aliphatic rings. The number of amides is 2. The Kier molecular flexibility index (Phi) is 11.2. The number of aryl methyl sites for hydroxylation is 1. The Morgan fingerprint density at radius 1 is 1.03 bits per heavy atom. The van der Waals surface area contributed by atoms with Gasteiger partial charge in [-0.3, -0.25) is 13.9 Å². The number of carbonyl (C=O) groups excluding carboxylic acids is 2. The van der Waals surface area contributed by atoms with Crippen molar-refractivity contribution in [2.75, 3.05) is 17.1 Å². The molecular weight excluding hydrogens is 498 g/mol. The van der Waals surface area contributed by atoms with Crippen LogP contribution in [0.4, 0.5) is 5.69 Å². The van der Waals surface area contributed by atoms with Gasteiger partial charge >= 0.3 is 0 Å². The number of hydrogen-bond donors (Lipinski definition) is 1. The molecule has 0 aromatic heterocycles. The van der Waals surface area contributed by atoms with Gasteiger partial charge in [-0.1, -0.05) is 49.7 Å². The largest absolute Gasteiger partial charge is 0.352 e. The van der Waals surface area contributed by atoms with Crippen molar-refractivity contribution in [3.05, 3.63) is 64.7 Å². The number of benzene rings is 2. The average molecular weight is 536 g/mol. The molecule has 2 rings (SSSR count). The highest BCUT2D eigenvalue weighted by Gasteiger charge is 2.27. The van der Waals surface area contributed by atoms with E-state index in [1.165, 1.54) is 9.21 Å². The van der Waals surface area contributed by atoms with E-state index in [2.05, 4.69) is 5.32 Å². The summed E-state index contributed by atoms with van der Waals surface area (Å²) in [5.41, 5.74) is 2.50. The van der Waals surface area contributed by atoms with Gasteiger partial charge < -0.3 is 10.2 Å². The van der Waals surface area contributed by atoms with Crippen LogP contribution in [0.5, 0.6) is 0 Å². The first-order valence-electron chi connectivity index (χ1n) is 12.4. The number of nitrogens with one attached hydrogen (secondary N) is 1. The quantitative estimate of drug-likeness (QED) is 0.400. The molecule has 0 heterocycles. The van der Waals surface area contributed by atoms with Crippen LogP contribution in [0, 0.1) is 0 Å². The van der Waals surface area contributed by atoms with Gasteiger partial charge in [0.25, 0.3) is 0 Å². The fourth-order valence-corrected chi connectivity index (χ4v) is 4.96. The molecule has 1 N–H and O–H groups in total. The number of hydrogen-bond acceptors (Lipinski definition) is 4. The molecule has 0 saturated carbocycles. The Balaban J connectivity index is 2.17. The third-order valence-electron chi connectivity index (χ3n) is 6.20. The van der Waals surface area contributed by atoms with Crippen molar-refractivity contribution in [1.82, 2.24) is 10.2 Å². The summed E-state index contributed by atoms with van der Waals surface area (Å²) < 4.78 is 26.2. The minimum Gasteiger partial charge on any atom is -0.352 e. The summed E-state index contributed by atoms with van der Waals surface area (Å²) in [7, 11) is -3.53. The smallest absolute Gasteiger partial charge is 0.242 e. The molecule has 2 atom stereocenters. The van der Waals surface area contributed by atoms with Crippen molar-refractivity contribution < 1.29 is 18.0 Å². The lowest BCUT2D eigenvalue weighted by Gasteiger charge is -2.30. The Bertz CT molecular complexity index is 1120. The van der Waals surface area contributed by atoms with Crippen molar-refractivity contribution in [2.45, 2.75) is 72.0 Å². The van der Waals surface area contributed by atoms with Crippen LogP contribution in [0.3, 0.4) is 0 Å². The van der Waals surface area contributed by atoms with E-state index in [4.69, 9.17) is 11.6 Å². The Hall–Kier alpha value is -2.58. The molecule has 0 unspecified atom stereocenters. The zero-order chi connectivity index (χ0) is 26.9. The van der Waals surface area contributed by atoms with E-state index in [0.717, 1.165) is 30.2 Å². The molecule has 0 saturated heterocycles. The predicted molar refractivity (Wildman–Crippen MR) is 147 cm³/mol. The van der Waals surface area contributed by atoms with Crippen LogP contribution in [-0.4, -0.2) is 50.0 Å². The minimum absolute atomic E-state index is 0.00881. The number of rotatable bonds is 13. The van der Waals surface area contributed by atoms with E-state index < -0.39 is 16.1 Å². The molecule has 0 spiro atoms. The third kappa shape index (κ3) is 8.82. The van der Waals surface area contributed by atoms with Gasteiger partial charge in [-0.05, 0) is 68.5 Å². The van der Waals surface area contributed by atoms with Gasteiger partial charge in [-0.15, -0.1) is 0 Å². The highest BCUT2D eigenvalue weighted by atomic mass is 35.5. The van der Waals surface area contributed by atoms with E-state index in [1.54, 1.807) is 37.3 Å². The maximum atomic E-state index is 13.3. The van der Waals surface area contributed by atoms with E-state index in [9.17, 15) is 18.0 Å². The molecule has 0 aliphatic carbocycles. The Morgan fingerprint density at radius 2 is 1.69 bits per heavy atom. The molecule has 36 heavy (non-hydrogen) atoms. The van der Waals surface area contributed by atoms with Crippen molar-refractivity contribution >= 4 is 39.1 Å². The molecule has 7 nitrogen and oxygen atoms in total. The van der Waals surface area contributed by atoms with Crippen molar-refractivity contribution in [1.29, 1.82) is 0 Å². The summed E-state index contributed by atoms with van der Waals surface area (Å²) in [6.07, 6.45) is 3.21. The first-order chi connectivity index (χ1) is 17.0. The van der Waals surface area contributed by atoms with Gasteiger partial charge in [-0.2, -0.15) is 0 Å². The number of carbonyl (C=O) groups is 2. The first-order valence-corrected chi connectivity index (χ1v) is 14.6. The number of sulfonamides is 1. The Labute approximate surface area is 220 Å². The van der Waals surface area contributed by atoms with E-state index >= 15 is 0 Å². The molecule has 0 aliphatic heterocycles. The summed E-state index contributed by atoms with van der Waals surface area (Å²) in [4.78, 5) is 27.7. The molecule has 2 aromatic rings. The molecule has 2 amide bonds. The van der Waals surface area contributed by atoms with Crippen molar-refractivity contribution in [2.24, 2.45) is 0 Å². The van der Waals surface area contributed by atoms with Gasteiger partial charge in [0.1, 0.15) is 6.04 Å². The summed E-state index contributed by atoms with van der Waals surface area (Å²) in [5, 5.41) is 3.49. The molecular formula is C27H38ClN3O4S.